The van der Waals surface area contributed by atoms with Crippen molar-refractivity contribution in [3.8, 4) is 0 Å². The quantitative estimate of drug-likeness (QED) is 0.122. The number of carboxylic acid groups (broad SMARTS) is 1. The van der Waals surface area contributed by atoms with E-state index in [4.69, 9.17) is 4.74 Å². The first-order chi connectivity index (χ1) is 14.3. The summed E-state index contributed by atoms with van der Waals surface area (Å²) in [6.07, 6.45) is 2.27. The molecule has 0 aromatic carbocycles. The molecule has 0 bridgehead atoms. The maximum atomic E-state index is 11.7. The molecule has 1 aromatic heterocycles. The topological polar surface area (TPSA) is 221 Å². The number of carbonyl (C=O) groups is 2. The molecule has 168 valence electrons. The molecule has 16 heteroatoms. The zero-order valence-electron chi connectivity index (χ0n) is 15.7. The van der Waals surface area contributed by atoms with E-state index in [0.717, 1.165) is 0 Å². The molecule has 1 rings (SSSR count). The summed E-state index contributed by atoms with van der Waals surface area (Å²) in [7, 11) is 0. The van der Waals surface area contributed by atoms with E-state index >= 15 is 0 Å². The highest BCUT2D eigenvalue weighted by Crippen LogP contribution is 1.99. The standard InChI is InChI=1S/C14H22N6O10/c21-13(8-28-6-11(30-20(26)27)7-29-19(24)25)17-3-1-2-16-12(14(22)23)4-10-5-15-9-18-10/h5,9,11-12,16H,1-4,6-8H2,(H,15,18)(H,17,21)(H,22,23)/t11-,12-/m0/s1. The molecule has 1 amide bonds. The lowest BCUT2D eigenvalue weighted by Gasteiger charge is -2.14. The predicted molar refractivity (Wildman–Crippen MR) is 95.0 cm³/mol. The highest BCUT2D eigenvalue weighted by Gasteiger charge is 2.18. The molecule has 0 spiro atoms. The van der Waals surface area contributed by atoms with Gasteiger partial charge in [0.05, 0.1) is 12.9 Å². The van der Waals surface area contributed by atoms with Crippen LogP contribution in [0, 0.1) is 20.2 Å². The largest absolute Gasteiger partial charge is 0.480 e. The molecule has 0 aliphatic heterocycles. The second kappa shape index (κ2) is 13.6. The van der Waals surface area contributed by atoms with Crippen molar-refractivity contribution >= 4 is 11.9 Å². The lowest BCUT2D eigenvalue weighted by Crippen LogP contribution is -2.40. The van der Waals surface area contributed by atoms with Crippen molar-refractivity contribution in [2.45, 2.75) is 25.0 Å². The van der Waals surface area contributed by atoms with Crippen molar-refractivity contribution in [2.24, 2.45) is 0 Å². The fraction of sp³-hybridized carbons (Fsp3) is 0.643. The number of carboxylic acids is 1. The Kier molecular flexibility index (Phi) is 11.1. The Morgan fingerprint density at radius 3 is 2.60 bits per heavy atom. The normalized spacial score (nSPS) is 12.5. The van der Waals surface area contributed by atoms with Crippen molar-refractivity contribution in [1.82, 2.24) is 20.6 Å². The number of ether oxygens (including phenoxy) is 1. The number of hydrogen-bond acceptors (Lipinski definition) is 11. The maximum Gasteiger partial charge on any atom is 0.321 e. The average Bonchev–Trinajstić information content (AvgIpc) is 3.17. The molecule has 0 radical (unpaired) electrons. The Balaban J connectivity index is 2.18. The van der Waals surface area contributed by atoms with Crippen molar-refractivity contribution in [3.63, 3.8) is 0 Å². The van der Waals surface area contributed by atoms with Gasteiger partial charge >= 0.3 is 5.97 Å². The zero-order valence-corrected chi connectivity index (χ0v) is 15.7. The molecule has 0 saturated heterocycles. The molecule has 30 heavy (non-hydrogen) atoms. The van der Waals surface area contributed by atoms with E-state index in [2.05, 4.69) is 30.3 Å². The van der Waals surface area contributed by atoms with Crippen molar-refractivity contribution < 1.29 is 39.3 Å². The molecule has 0 fully saturated rings. The first-order valence-electron chi connectivity index (χ1n) is 8.64. The third kappa shape index (κ3) is 11.3. The number of carbonyl (C=O) groups excluding carboxylic acids is 1. The summed E-state index contributed by atoms with van der Waals surface area (Å²) in [5.41, 5.74) is 0.670. The number of nitrogens with one attached hydrogen (secondary N) is 3. The molecule has 16 nitrogen and oxygen atoms in total. The van der Waals surface area contributed by atoms with Crippen LogP contribution in [0.1, 0.15) is 12.1 Å². The second-order valence-corrected chi connectivity index (χ2v) is 5.81. The van der Waals surface area contributed by atoms with Crippen LogP contribution in [0.4, 0.5) is 0 Å². The summed E-state index contributed by atoms with van der Waals surface area (Å²) < 4.78 is 4.93. The van der Waals surface area contributed by atoms with Gasteiger partial charge in [0.1, 0.15) is 19.3 Å². The molecule has 0 aliphatic carbocycles. The van der Waals surface area contributed by atoms with Crippen LogP contribution in [0.25, 0.3) is 0 Å². The Labute approximate surface area is 169 Å². The van der Waals surface area contributed by atoms with Gasteiger partial charge in [0, 0.05) is 24.9 Å². The lowest BCUT2D eigenvalue weighted by molar-refractivity contribution is -0.790. The SMILES string of the molecule is O=C(COC[C@@H](CO[N+](=O)[O-])O[N+](=O)[O-])NCCCN[C@@H](Cc1cnc[nH]1)C(=O)O. The van der Waals surface area contributed by atoms with E-state index in [-0.39, 0.29) is 13.0 Å². The summed E-state index contributed by atoms with van der Waals surface area (Å²) in [5.74, 6) is -1.55. The summed E-state index contributed by atoms with van der Waals surface area (Å²) in [6, 6.07) is -0.815. The van der Waals surface area contributed by atoms with Gasteiger partial charge in [0.25, 0.3) is 10.2 Å². The van der Waals surface area contributed by atoms with Crippen LogP contribution in [-0.4, -0.2) is 82.2 Å². The number of nitrogens with zero attached hydrogens (tertiary/aromatic N) is 3. The van der Waals surface area contributed by atoms with Gasteiger partial charge in [-0.15, -0.1) is 20.2 Å². The molecular formula is C14H22N6O10. The van der Waals surface area contributed by atoms with E-state index in [1.807, 2.05) is 0 Å². The Morgan fingerprint density at radius 1 is 1.23 bits per heavy atom. The molecule has 1 aromatic rings. The van der Waals surface area contributed by atoms with Crippen LogP contribution in [0.15, 0.2) is 12.5 Å². The lowest BCUT2D eigenvalue weighted by atomic mass is 10.1. The molecule has 0 aliphatic rings. The van der Waals surface area contributed by atoms with E-state index < -0.39 is 54.0 Å². The Morgan fingerprint density at radius 2 is 2.00 bits per heavy atom. The van der Waals surface area contributed by atoms with Crippen LogP contribution in [-0.2, 0) is 30.4 Å². The average molecular weight is 434 g/mol. The number of H-pyrrole nitrogens is 1. The van der Waals surface area contributed by atoms with Gasteiger partial charge in [-0.2, -0.15) is 0 Å². The van der Waals surface area contributed by atoms with E-state index in [0.29, 0.717) is 18.7 Å². The zero-order chi connectivity index (χ0) is 22.4. The van der Waals surface area contributed by atoms with Gasteiger partial charge in [0.15, 0.2) is 6.10 Å². The Hall–Kier alpha value is -3.53. The van der Waals surface area contributed by atoms with Crippen molar-refractivity contribution in [3.05, 3.63) is 38.4 Å². The first kappa shape index (κ1) is 24.5. The summed E-state index contributed by atoms with van der Waals surface area (Å²) >= 11 is 0. The van der Waals surface area contributed by atoms with Gasteiger partial charge in [-0.25, -0.2) is 4.98 Å². The van der Waals surface area contributed by atoms with Crippen LogP contribution >= 0.6 is 0 Å². The number of aromatic nitrogens is 2. The summed E-state index contributed by atoms with van der Waals surface area (Å²) in [5, 5.41) is 32.7. The number of aliphatic carboxylic acids is 1. The maximum absolute atomic E-state index is 11.7. The van der Waals surface area contributed by atoms with Crippen LogP contribution in [0.3, 0.4) is 0 Å². The minimum atomic E-state index is -1.37. The van der Waals surface area contributed by atoms with Gasteiger partial charge in [-0.05, 0) is 13.0 Å². The van der Waals surface area contributed by atoms with E-state index in [9.17, 15) is 34.9 Å². The van der Waals surface area contributed by atoms with Gasteiger partial charge in [-0.1, -0.05) is 0 Å². The predicted octanol–water partition coefficient (Wildman–Crippen LogP) is -1.70. The second-order valence-electron chi connectivity index (χ2n) is 5.81. The van der Waals surface area contributed by atoms with Crippen molar-refractivity contribution in [1.29, 1.82) is 0 Å². The first-order valence-corrected chi connectivity index (χ1v) is 8.64. The minimum Gasteiger partial charge on any atom is -0.480 e. The molecule has 1 heterocycles. The fourth-order valence-corrected chi connectivity index (χ4v) is 2.16. The van der Waals surface area contributed by atoms with Crippen LogP contribution in [0.2, 0.25) is 0 Å². The molecule has 4 N–H and O–H groups in total. The number of hydrogen-bond donors (Lipinski definition) is 4. The third-order valence-electron chi connectivity index (χ3n) is 3.48. The summed E-state index contributed by atoms with van der Waals surface area (Å²) in [6.45, 7) is -1.11. The smallest absolute Gasteiger partial charge is 0.321 e. The fourth-order valence-electron chi connectivity index (χ4n) is 2.16. The minimum absolute atomic E-state index is 0.225. The molecular weight excluding hydrogens is 412 g/mol. The number of rotatable bonds is 17. The van der Waals surface area contributed by atoms with Crippen LogP contribution in [0.5, 0.6) is 0 Å². The molecule has 0 saturated carbocycles. The number of imidazole rings is 1. The van der Waals surface area contributed by atoms with E-state index in [1.54, 1.807) is 0 Å². The van der Waals surface area contributed by atoms with Gasteiger partial charge in [-0.3, -0.25) is 9.59 Å². The summed E-state index contributed by atoms with van der Waals surface area (Å²) in [4.78, 5) is 58.1. The highest BCUT2D eigenvalue weighted by atomic mass is 17.0. The third-order valence-corrected chi connectivity index (χ3v) is 3.48. The van der Waals surface area contributed by atoms with E-state index in [1.165, 1.54) is 12.5 Å². The highest BCUT2D eigenvalue weighted by molar-refractivity contribution is 5.77. The number of aromatic amines is 1. The Bertz CT molecular complexity index is 685. The van der Waals surface area contributed by atoms with Gasteiger partial charge in [0.2, 0.25) is 5.91 Å². The monoisotopic (exact) mass is 434 g/mol. The molecule has 0 unspecified atom stereocenters. The number of amides is 1. The van der Waals surface area contributed by atoms with Crippen LogP contribution < -0.4 is 10.6 Å². The molecule has 2 atom stereocenters. The van der Waals surface area contributed by atoms with Crippen molar-refractivity contribution in [2.75, 3.05) is 32.9 Å². The van der Waals surface area contributed by atoms with Gasteiger partial charge < -0.3 is 35.1 Å².